The molecule has 108 valence electrons. The summed E-state index contributed by atoms with van der Waals surface area (Å²) in [5.41, 5.74) is 2.63. The summed E-state index contributed by atoms with van der Waals surface area (Å²) in [7, 11) is 0. The third kappa shape index (κ3) is 4.69. The summed E-state index contributed by atoms with van der Waals surface area (Å²) in [5, 5.41) is 7.72. The molecule has 4 heteroatoms. The maximum absolute atomic E-state index is 4.30. The van der Waals surface area contributed by atoms with E-state index in [1.807, 2.05) is 22.6 Å². The molecule has 1 N–H and O–H groups in total. The van der Waals surface area contributed by atoms with Crippen LogP contribution in [0.25, 0.3) is 0 Å². The van der Waals surface area contributed by atoms with Crippen LogP contribution in [0.4, 0.5) is 0 Å². The van der Waals surface area contributed by atoms with E-state index < -0.39 is 0 Å². The molecule has 1 aromatic carbocycles. The topological polar surface area (TPSA) is 29.9 Å². The quantitative estimate of drug-likeness (QED) is 0.593. The molecule has 0 aliphatic rings. The SMILES string of the molecule is CCCNCc1ccc(SCc2cnn(CC)c2)cc1. The van der Waals surface area contributed by atoms with Gasteiger partial charge in [-0.2, -0.15) is 5.10 Å². The van der Waals surface area contributed by atoms with Crippen molar-refractivity contribution < 1.29 is 0 Å². The van der Waals surface area contributed by atoms with Gasteiger partial charge in [0, 0.05) is 35.5 Å². The molecule has 0 radical (unpaired) electrons. The minimum absolute atomic E-state index is 0.935. The van der Waals surface area contributed by atoms with Crippen LogP contribution in [0.3, 0.4) is 0 Å². The Morgan fingerprint density at radius 2 is 1.95 bits per heavy atom. The molecule has 0 amide bonds. The highest BCUT2D eigenvalue weighted by Crippen LogP contribution is 2.22. The largest absolute Gasteiger partial charge is 0.313 e. The predicted octanol–water partition coefficient (Wildman–Crippen LogP) is 3.69. The Hall–Kier alpha value is -1.26. The molecule has 3 nitrogen and oxygen atoms in total. The Balaban J connectivity index is 1.81. The Morgan fingerprint density at radius 1 is 1.15 bits per heavy atom. The molecule has 0 saturated carbocycles. The van der Waals surface area contributed by atoms with Gasteiger partial charge in [0.25, 0.3) is 0 Å². The summed E-state index contributed by atoms with van der Waals surface area (Å²) >= 11 is 1.86. The molecule has 0 bridgehead atoms. The monoisotopic (exact) mass is 289 g/mol. The highest BCUT2D eigenvalue weighted by Gasteiger charge is 2.00. The fourth-order valence-corrected chi connectivity index (χ4v) is 2.74. The van der Waals surface area contributed by atoms with Crippen molar-refractivity contribution in [3.05, 3.63) is 47.8 Å². The fraction of sp³-hybridized carbons (Fsp3) is 0.438. The maximum Gasteiger partial charge on any atom is 0.0530 e. The van der Waals surface area contributed by atoms with E-state index in [1.54, 1.807) is 0 Å². The van der Waals surface area contributed by atoms with Crippen LogP contribution in [-0.2, 0) is 18.8 Å². The van der Waals surface area contributed by atoms with E-state index in [9.17, 15) is 0 Å². The lowest BCUT2D eigenvalue weighted by molar-refractivity contribution is 0.659. The second kappa shape index (κ2) is 8.12. The summed E-state index contributed by atoms with van der Waals surface area (Å²) < 4.78 is 1.97. The molecule has 20 heavy (non-hydrogen) atoms. The van der Waals surface area contributed by atoms with Crippen LogP contribution in [0, 0.1) is 0 Å². The van der Waals surface area contributed by atoms with E-state index in [2.05, 4.69) is 54.7 Å². The third-order valence-corrected chi connectivity index (χ3v) is 4.18. The van der Waals surface area contributed by atoms with Crippen molar-refractivity contribution in [2.24, 2.45) is 0 Å². The zero-order valence-corrected chi connectivity index (χ0v) is 13.1. The van der Waals surface area contributed by atoms with Crippen molar-refractivity contribution in [1.29, 1.82) is 0 Å². The van der Waals surface area contributed by atoms with Crippen LogP contribution in [0.5, 0.6) is 0 Å². The van der Waals surface area contributed by atoms with Gasteiger partial charge in [-0.25, -0.2) is 0 Å². The first-order valence-electron chi connectivity index (χ1n) is 7.25. The molecule has 0 atom stereocenters. The lowest BCUT2D eigenvalue weighted by atomic mass is 10.2. The van der Waals surface area contributed by atoms with Crippen LogP contribution >= 0.6 is 11.8 Å². The average molecular weight is 289 g/mol. The van der Waals surface area contributed by atoms with E-state index in [4.69, 9.17) is 0 Å². The molecule has 0 aliphatic heterocycles. The summed E-state index contributed by atoms with van der Waals surface area (Å²) in [6.07, 6.45) is 5.26. The van der Waals surface area contributed by atoms with E-state index in [0.717, 1.165) is 25.4 Å². The van der Waals surface area contributed by atoms with Crippen LogP contribution in [0.1, 0.15) is 31.4 Å². The normalized spacial score (nSPS) is 10.9. The van der Waals surface area contributed by atoms with E-state index in [-0.39, 0.29) is 0 Å². The van der Waals surface area contributed by atoms with Crippen molar-refractivity contribution in [1.82, 2.24) is 15.1 Å². The minimum Gasteiger partial charge on any atom is -0.313 e. The number of nitrogens with zero attached hydrogens (tertiary/aromatic N) is 2. The molecule has 2 aromatic rings. The van der Waals surface area contributed by atoms with Gasteiger partial charge in [0.15, 0.2) is 0 Å². The van der Waals surface area contributed by atoms with Crippen LogP contribution in [-0.4, -0.2) is 16.3 Å². The lowest BCUT2D eigenvalue weighted by Gasteiger charge is -2.05. The second-order valence-electron chi connectivity index (χ2n) is 4.81. The Kier molecular flexibility index (Phi) is 6.15. The summed E-state index contributed by atoms with van der Waals surface area (Å²) in [6, 6.07) is 8.83. The van der Waals surface area contributed by atoms with Gasteiger partial charge in [-0.15, -0.1) is 11.8 Å². The van der Waals surface area contributed by atoms with Gasteiger partial charge < -0.3 is 5.32 Å². The molecule has 2 rings (SSSR count). The third-order valence-electron chi connectivity index (χ3n) is 3.10. The lowest BCUT2D eigenvalue weighted by Crippen LogP contribution is -2.13. The number of nitrogens with one attached hydrogen (secondary N) is 1. The number of benzene rings is 1. The zero-order valence-electron chi connectivity index (χ0n) is 12.3. The Morgan fingerprint density at radius 3 is 2.60 bits per heavy atom. The first kappa shape index (κ1) is 15.1. The maximum atomic E-state index is 4.30. The Labute approximate surface area is 125 Å². The van der Waals surface area contributed by atoms with Gasteiger partial charge in [0.1, 0.15) is 0 Å². The summed E-state index contributed by atoms with van der Waals surface area (Å²) in [5.74, 6) is 0.980. The van der Waals surface area contributed by atoms with Gasteiger partial charge in [-0.05, 0) is 37.6 Å². The van der Waals surface area contributed by atoms with Crippen molar-refractivity contribution in [2.45, 2.75) is 44.0 Å². The number of thioether (sulfide) groups is 1. The zero-order chi connectivity index (χ0) is 14.2. The van der Waals surface area contributed by atoms with E-state index in [0.29, 0.717) is 0 Å². The van der Waals surface area contributed by atoms with Gasteiger partial charge >= 0.3 is 0 Å². The molecule has 0 saturated heterocycles. The van der Waals surface area contributed by atoms with Crippen LogP contribution < -0.4 is 5.32 Å². The van der Waals surface area contributed by atoms with Crippen molar-refractivity contribution in [3.63, 3.8) is 0 Å². The predicted molar refractivity (Wildman–Crippen MR) is 85.9 cm³/mol. The van der Waals surface area contributed by atoms with Crippen LogP contribution in [0.15, 0.2) is 41.6 Å². The smallest absolute Gasteiger partial charge is 0.0530 e. The number of rotatable bonds is 8. The molecule has 1 heterocycles. The minimum atomic E-state index is 0.935. The molecular weight excluding hydrogens is 266 g/mol. The van der Waals surface area contributed by atoms with Gasteiger partial charge in [0.2, 0.25) is 0 Å². The molecular formula is C16H23N3S. The average Bonchev–Trinajstić information content (AvgIpc) is 2.95. The summed E-state index contributed by atoms with van der Waals surface area (Å²) in [6.45, 7) is 7.27. The van der Waals surface area contributed by atoms with Gasteiger partial charge in [0.05, 0.1) is 6.20 Å². The highest BCUT2D eigenvalue weighted by molar-refractivity contribution is 7.98. The molecule has 0 unspecified atom stereocenters. The van der Waals surface area contributed by atoms with Crippen molar-refractivity contribution in [3.8, 4) is 0 Å². The number of aryl methyl sites for hydroxylation is 1. The number of hydrogen-bond donors (Lipinski definition) is 1. The molecule has 0 fully saturated rings. The van der Waals surface area contributed by atoms with Gasteiger partial charge in [-0.1, -0.05) is 19.1 Å². The van der Waals surface area contributed by atoms with Gasteiger partial charge in [-0.3, -0.25) is 4.68 Å². The second-order valence-corrected chi connectivity index (χ2v) is 5.86. The first-order valence-corrected chi connectivity index (χ1v) is 8.24. The molecule has 0 aliphatic carbocycles. The molecule has 1 aromatic heterocycles. The highest BCUT2D eigenvalue weighted by atomic mass is 32.2. The first-order chi connectivity index (χ1) is 9.81. The van der Waals surface area contributed by atoms with E-state index >= 15 is 0 Å². The number of hydrogen-bond acceptors (Lipinski definition) is 3. The van der Waals surface area contributed by atoms with Crippen molar-refractivity contribution in [2.75, 3.05) is 6.54 Å². The van der Waals surface area contributed by atoms with Crippen LogP contribution in [0.2, 0.25) is 0 Å². The number of aromatic nitrogens is 2. The fourth-order valence-electron chi connectivity index (χ4n) is 1.93. The standard InChI is InChI=1S/C16H23N3S/c1-3-9-17-10-14-5-7-16(8-6-14)20-13-15-11-18-19(4-2)12-15/h5-8,11-12,17H,3-4,9-10,13H2,1-2H3. The van der Waals surface area contributed by atoms with Crippen molar-refractivity contribution >= 4 is 11.8 Å². The summed E-state index contributed by atoms with van der Waals surface area (Å²) in [4.78, 5) is 1.31. The Bertz CT molecular complexity index is 505. The molecule has 0 spiro atoms. The van der Waals surface area contributed by atoms with E-state index in [1.165, 1.54) is 22.4 Å².